The van der Waals surface area contributed by atoms with Gasteiger partial charge in [-0.1, -0.05) is 24.0 Å². The lowest BCUT2D eigenvalue weighted by Gasteiger charge is -2.31. The maximum atomic E-state index is 5.59. The minimum atomic E-state index is 0.175. The molecule has 2 heterocycles. The third kappa shape index (κ3) is 3.57. The van der Waals surface area contributed by atoms with E-state index in [0.29, 0.717) is 0 Å². The maximum absolute atomic E-state index is 5.59. The molecule has 0 aliphatic carbocycles. The first kappa shape index (κ1) is 11.6. The van der Waals surface area contributed by atoms with Crippen molar-refractivity contribution in [3.8, 4) is 0 Å². The van der Waals surface area contributed by atoms with Crippen LogP contribution in [0.3, 0.4) is 0 Å². The zero-order valence-electron chi connectivity index (χ0n) is 8.61. The summed E-state index contributed by atoms with van der Waals surface area (Å²) in [6.07, 6.45) is 0. The quantitative estimate of drug-likeness (QED) is 0.672. The Morgan fingerprint density at radius 3 is 2.80 bits per heavy atom. The summed E-state index contributed by atoms with van der Waals surface area (Å²) in [6, 6.07) is 0. The molecule has 0 aromatic rings. The summed E-state index contributed by atoms with van der Waals surface area (Å²) in [5.74, 6) is 0. The van der Waals surface area contributed by atoms with Crippen molar-refractivity contribution in [1.29, 1.82) is 0 Å². The first-order valence-corrected chi connectivity index (χ1v) is 6.50. The third-order valence-electron chi connectivity index (χ3n) is 2.40. The van der Waals surface area contributed by atoms with Gasteiger partial charge < -0.3 is 19.7 Å². The highest BCUT2D eigenvalue weighted by atomic mass is 32.2. The van der Waals surface area contributed by atoms with Crippen LogP contribution >= 0.6 is 24.0 Å². The van der Waals surface area contributed by atoms with E-state index in [9.17, 15) is 0 Å². The van der Waals surface area contributed by atoms with E-state index in [-0.39, 0.29) is 5.44 Å². The Bertz CT molecular complexity index is 216. The summed E-state index contributed by atoms with van der Waals surface area (Å²) < 4.78 is 11.8. The number of hydrogen-bond acceptors (Lipinski definition) is 5. The smallest absolute Gasteiger partial charge is 0.139 e. The minimum Gasteiger partial charge on any atom is -0.378 e. The van der Waals surface area contributed by atoms with E-state index in [4.69, 9.17) is 21.7 Å². The number of rotatable bonds is 1. The molecule has 2 fully saturated rings. The van der Waals surface area contributed by atoms with Crippen molar-refractivity contribution >= 4 is 28.3 Å². The molecule has 2 saturated heterocycles. The van der Waals surface area contributed by atoms with E-state index in [1.54, 1.807) is 11.8 Å². The van der Waals surface area contributed by atoms with Gasteiger partial charge in [-0.05, 0) is 0 Å². The monoisotopic (exact) mass is 248 g/mol. The Morgan fingerprint density at radius 1 is 1.33 bits per heavy atom. The van der Waals surface area contributed by atoms with Crippen molar-refractivity contribution in [2.24, 2.45) is 0 Å². The second-order valence-corrected chi connectivity index (χ2v) is 5.28. The molecule has 1 unspecified atom stereocenters. The van der Waals surface area contributed by atoms with Crippen LogP contribution in [0.15, 0.2) is 0 Å². The normalized spacial score (nSPS) is 27.7. The number of thiocarbonyl (C=S) groups is 1. The molecule has 6 heteroatoms. The molecule has 4 nitrogen and oxygen atoms in total. The summed E-state index contributed by atoms with van der Waals surface area (Å²) in [4.78, 5) is 2.20. The van der Waals surface area contributed by atoms with Crippen molar-refractivity contribution in [3.05, 3.63) is 0 Å². The molecule has 0 aromatic carbocycles. The van der Waals surface area contributed by atoms with Gasteiger partial charge in [-0.15, -0.1) is 0 Å². The van der Waals surface area contributed by atoms with Crippen LogP contribution in [0, 0.1) is 0 Å². The van der Waals surface area contributed by atoms with Crippen LogP contribution in [0.4, 0.5) is 0 Å². The zero-order chi connectivity index (χ0) is 10.5. The summed E-state index contributed by atoms with van der Waals surface area (Å²) in [5, 5.41) is 3.29. The van der Waals surface area contributed by atoms with E-state index >= 15 is 0 Å². The second-order valence-electron chi connectivity index (χ2n) is 3.49. The summed E-state index contributed by atoms with van der Waals surface area (Å²) in [7, 11) is 0. The van der Waals surface area contributed by atoms with Crippen LogP contribution in [-0.2, 0) is 9.47 Å². The Balaban J connectivity index is 1.74. The molecule has 0 bridgehead atoms. The zero-order valence-corrected chi connectivity index (χ0v) is 10.2. The number of morpholine rings is 2. The Kier molecular flexibility index (Phi) is 4.64. The molecule has 2 aliphatic rings. The van der Waals surface area contributed by atoms with E-state index < -0.39 is 0 Å². The fraction of sp³-hybridized carbons (Fsp3) is 0.889. The lowest BCUT2D eigenvalue weighted by Crippen LogP contribution is -2.42. The first-order valence-electron chi connectivity index (χ1n) is 5.22. The topological polar surface area (TPSA) is 33.7 Å². The molecule has 86 valence electrons. The summed E-state index contributed by atoms with van der Waals surface area (Å²) in [5.41, 5.74) is 0.175. The van der Waals surface area contributed by atoms with Crippen molar-refractivity contribution in [3.63, 3.8) is 0 Å². The molecule has 0 saturated carbocycles. The average molecular weight is 248 g/mol. The summed E-state index contributed by atoms with van der Waals surface area (Å²) in [6.45, 7) is 5.99. The van der Waals surface area contributed by atoms with Crippen molar-refractivity contribution in [1.82, 2.24) is 10.2 Å². The van der Waals surface area contributed by atoms with Gasteiger partial charge in [0.2, 0.25) is 0 Å². The third-order valence-corrected chi connectivity index (χ3v) is 3.97. The number of nitrogens with zero attached hydrogens (tertiary/aromatic N) is 1. The number of ether oxygens (including phenoxy) is 2. The van der Waals surface area contributed by atoms with Crippen LogP contribution in [0.25, 0.3) is 0 Å². The van der Waals surface area contributed by atoms with Crippen molar-refractivity contribution in [2.45, 2.75) is 5.44 Å². The van der Waals surface area contributed by atoms with Crippen LogP contribution < -0.4 is 5.32 Å². The fourth-order valence-electron chi connectivity index (χ4n) is 1.55. The van der Waals surface area contributed by atoms with Gasteiger partial charge in [0.25, 0.3) is 0 Å². The van der Waals surface area contributed by atoms with Crippen LogP contribution in [0.2, 0.25) is 0 Å². The lowest BCUT2D eigenvalue weighted by atomic mass is 10.5. The van der Waals surface area contributed by atoms with E-state index in [0.717, 1.165) is 50.3 Å². The SMILES string of the molecule is S=C(SC1CNCCO1)N1CCOCC1. The number of hydrogen-bond donors (Lipinski definition) is 1. The highest BCUT2D eigenvalue weighted by molar-refractivity contribution is 8.23. The Morgan fingerprint density at radius 2 is 2.13 bits per heavy atom. The largest absolute Gasteiger partial charge is 0.378 e. The fourth-order valence-corrected chi connectivity index (χ4v) is 2.98. The molecule has 15 heavy (non-hydrogen) atoms. The van der Waals surface area contributed by atoms with Gasteiger partial charge in [0.15, 0.2) is 0 Å². The highest BCUT2D eigenvalue weighted by Crippen LogP contribution is 2.19. The highest BCUT2D eigenvalue weighted by Gasteiger charge is 2.20. The molecule has 0 spiro atoms. The average Bonchev–Trinajstić information content (AvgIpc) is 2.31. The standard InChI is InChI=1S/C9H16N2O2S2/c14-9(11-2-5-12-6-3-11)15-8-7-10-1-4-13-8/h8,10H,1-7H2. The molecule has 1 atom stereocenters. The molecular formula is C9H16N2O2S2. The van der Waals surface area contributed by atoms with Crippen molar-refractivity contribution in [2.75, 3.05) is 46.0 Å². The second kappa shape index (κ2) is 6.00. The molecule has 0 aromatic heterocycles. The summed E-state index contributed by atoms with van der Waals surface area (Å²) >= 11 is 7.02. The Hall–Kier alpha value is 0.120. The molecular weight excluding hydrogens is 232 g/mol. The molecule has 1 N–H and O–H groups in total. The molecule has 2 rings (SSSR count). The van der Waals surface area contributed by atoms with Crippen LogP contribution in [-0.4, -0.2) is 60.7 Å². The predicted octanol–water partition coefficient (Wildman–Crippen LogP) is 0.283. The molecule has 2 aliphatic heterocycles. The first-order chi connectivity index (χ1) is 7.36. The maximum Gasteiger partial charge on any atom is 0.139 e. The van der Waals surface area contributed by atoms with E-state index in [1.165, 1.54) is 0 Å². The number of nitrogens with one attached hydrogen (secondary N) is 1. The van der Waals surface area contributed by atoms with E-state index in [2.05, 4.69) is 10.2 Å². The van der Waals surface area contributed by atoms with Gasteiger partial charge in [0.1, 0.15) is 9.76 Å². The van der Waals surface area contributed by atoms with Gasteiger partial charge in [0, 0.05) is 26.2 Å². The van der Waals surface area contributed by atoms with Crippen molar-refractivity contribution < 1.29 is 9.47 Å². The van der Waals surface area contributed by atoms with Gasteiger partial charge >= 0.3 is 0 Å². The lowest BCUT2D eigenvalue weighted by molar-refractivity contribution is 0.0694. The van der Waals surface area contributed by atoms with E-state index in [1.807, 2.05) is 0 Å². The molecule has 0 radical (unpaired) electrons. The van der Waals surface area contributed by atoms with Crippen LogP contribution in [0.5, 0.6) is 0 Å². The van der Waals surface area contributed by atoms with Gasteiger partial charge in [-0.25, -0.2) is 0 Å². The number of thioether (sulfide) groups is 1. The minimum absolute atomic E-state index is 0.175. The predicted molar refractivity (Wildman–Crippen MR) is 65.2 cm³/mol. The van der Waals surface area contributed by atoms with Crippen LogP contribution in [0.1, 0.15) is 0 Å². The Labute approximate surface area is 99.7 Å². The van der Waals surface area contributed by atoms with Gasteiger partial charge in [0.05, 0.1) is 19.8 Å². The van der Waals surface area contributed by atoms with Gasteiger partial charge in [-0.3, -0.25) is 0 Å². The van der Waals surface area contributed by atoms with Gasteiger partial charge in [-0.2, -0.15) is 0 Å². The molecule has 0 amide bonds.